The lowest BCUT2D eigenvalue weighted by atomic mass is 9.68. The van der Waals surface area contributed by atoms with E-state index in [-0.39, 0.29) is 35.0 Å². The van der Waals surface area contributed by atoms with Gasteiger partial charge in [0.15, 0.2) is 0 Å². The van der Waals surface area contributed by atoms with E-state index in [1.807, 2.05) is 12.1 Å². The number of hydrogen-bond acceptors (Lipinski definition) is 4. The maximum Gasteiger partial charge on any atom is 0.237 e. The first-order chi connectivity index (χ1) is 16.2. The van der Waals surface area contributed by atoms with Crippen LogP contribution in [0.25, 0.3) is 0 Å². The number of carbonyl (C=O) groups is 1. The first kappa shape index (κ1) is 24.7. The van der Waals surface area contributed by atoms with Gasteiger partial charge in [0, 0.05) is 25.7 Å². The van der Waals surface area contributed by atoms with Gasteiger partial charge in [-0.05, 0) is 77.6 Å². The smallest absolute Gasteiger partial charge is 0.237 e. The number of nitrogens with one attached hydrogen (secondary N) is 2. The molecule has 34 heavy (non-hydrogen) atoms. The van der Waals surface area contributed by atoms with E-state index < -0.39 is 0 Å². The molecule has 2 aromatic carbocycles. The number of carbonyl (C=O) groups excluding carboxylic acids is 1. The maximum absolute atomic E-state index is 13.9. The van der Waals surface area contributed by atoms with Crippen molar-refractivity contribution >= 4 is 5.91 Å². The van der Waals surface area contributed by atoms with Crippen LogP contribution in [0.5, 0.6) is 5.75 Å². The number of fused-ring (bicyclic) bond motifs is 1. The van der Waals surface area contributed by atoms with Gasteiger partial charge in [-0.25, -0.2) is 4.39 Å². The second-order valence-electron chi connectivity index (χ2n) is 10.8. The fourth-order valence-corrected chi connectivity index (χ4v) is 5.43. The molecule has 2 aliphatic rings. The van der Waals surface area contributed by atoms with E-state index in [0.29, 0.717) is 24.8 Å². The zero-order valence-corrected chi connectivity index (χ0v) is 20.8. The summed E-state index contributed by atoms with van der Waals surface area (Å²) in [5, 5.41) is 16.3. The molecule has 4 atom stereocenters. The van der Waals surface area contributed by atoms with E-state index in [9.17, 15) is 14.3 Å². The zero-order valence-electron chi connectivity index (χ0n) is 20.8. The van der Waals surface area contributed by atoms with Crippen molar-refractivity contribution in [1.29, 1.82) is 0 Å². The third-order valence-corrected chi connectivity index (χ3v) is 8.11. The maximum atomic E-state index is 13.9. The Morgan fingerprint density at radius 2 is 2.06 bits per heavy atom. The molecule has 0 aromatic heterocycles. The van der Waals surface area contributed by atoms with E-state index in [0.717, 1.165) is 42.7 Å². The standard InChI is InChI=1S/C28H38FN3O2/c1-18(2)26(31-27(34)25-13-20-8-9-24(33)12-21(20)15-30-25)17-32-11-10-28(4,19(3)16-32)22-6-5-7-23(29)14-22/h5-9,12,14,18-19,25-26,30,33H,10-11,13,15-17H2,1-4H3,(H,31,34)/t19-,25+,26+,28+/m0/s1. The van der Waals surface area contributed by atoms with Crippen molar-refractivity contribution < 1.29 is 14.3 Å². The molecule has 2 aromatic rings. The first-order valence-corrected chi connectivity index (χ1v) is 12.5. The van der Waals surface area contributed by atoms with Gasteiger partial charge < -0.3 is 20.6 Å². The van der Waals surface area contributed by atoms with Crippen molar-refractivity contribution in [3.63, 3.8) is 0 Å². The average Bonchev–Trinajstić information content (AvgIpc) is 2.80. The number of piperidine rings is 1. The molecular formula is C28H38FN3O2. The molecule has 0 radical (unpaired) electrons. The second kappa shape index (κ2) is 10.0. The molecule has 0 bridgehead atoms. The predicted molar refractivity (Wildman–Crippen MR) is 133 cm³/mol. The van der Waals surface area contributed by atoms with Crippen molar-refractivity contribution in [3.05, 3.63) is 65.0 Å². The summed E-state index contributed by atoms with van der Waals surface area (Å²) in [7, 11) is 0. The lowest BCUT2D eigenvalue weighted by Crippen LogP contribution is -2.56. The summed E-state index contributed by atoms with van der Waals surface area (Å²) in [5.41, 5.74) is 3.18. The number of amides is 1. The molecule has 0 saturated carbocycles. The highest BCUT2D eigenvalue weighted by atomic mass is 19.1. The molecule has 1 saturated heterocycles. The Bertz CT molecular complexity index is 1030. The number of nitrogens with zero attached hydrogens (tertiary/aromatic N) is 1. The van der Waals surface area contributed by atoms with Crippen LogP contribution in [0.4, 0.5) is 4.39 Å². The fourth-order valence-electron chi connectivity index (χ4n) is 5.43. The molecule has 1 amide bonds. The minimum Gasteiger partial charge on any atom is -0.508 e. The molecule has 2 aliphatic heterocycles. The van der Waals surface area contributed by atoms with Crippen LogP contribution in [-0.2, 0) is 23.2 Å². The van der Waals surface area contributed by atoms with E-state index in [2.05, 4.69) is 43.2 Å². The Morgan fingerprint density at radius 1 is 1.26 bits per heavy atom. The SMILES string of the molecule is CC(C)[C@@H](CN1CC[C@@](C)(c2cccc(F)c2)[C@@H](C)C1)NC(=O)[C@H]1Cc2ccc(O)cc2CN1. The molecule has 3 N–H and O–H groups in total. The molecule has 0 unspecified atom stereocenters. The molecule has 2 heterocycles. The highest BCUT2D eigenvalue weighted by Gasteiger charge is 2.39. The summed E-state index contributed by atoms with van der Waals surface area (Å²) in [6, 6.07) is 12.2. The Hall–Kier alpha value is -2.44. The van der Waals surface area contributed by atoms with Crippen LogP contribution >= 0.6 is 0 Å². The van der Waals surface area contributed by atoms with Gasteiger partial charge in [-0.3, -0.25) is 4.79 Å². The number of benzene rings is 2. The van der Waals surface area contributed by atoms with Crippen LogP contribution in [0.1, 0.15) is 50.8 Å². The van der Waals surface area contributed by atoms with E-state index >= 15 is 0 Å². The summed E-state index contributed by atoms with van der Waals surface area (Å²) >= 11 is 0. The number of halogens is 1. The lowest BCUT2D eigenvalue weighted by Gasteiger charge is -2.46. The highest BCUT2D eigenvalue weighted by Crippen LogP contribution is 2.39. The minimum atomic E-state index is -0.269. The lowest BCUT2D eigenvalue weighted by molar-refractivity contribution is -0.124. The van der Waals surface area contributed by atoms with Crippen molar-refractivity contribution in [2.24, 2.45) is 11.8 Å². The Balaban J connectivity index is 1.36. The van der Waals surface area contributed by atoms with Crippen molar-refractivity contribution in [1.82, 2.24) is 15.5 Å². The normalized spacial score (nSPS) is 26.2. The predicted octanol–water partition coefficient (Wildman–Crippen LogP) is 3.99. The number of aromatic hydroxyl groups is 1. The molecule has 0 aliphatic carbocycles. The first-order valence-electron chi connectivity index (χ1n) is 12.5. The van der Waals surface area contributed by atoms with E-state index in [1.165, 1.54) is 6.07 Å². The number of phenols is 1. The molecule has 4 rings (SSSR count). The summed E-state index contributed by atoms with van der Waals surface area (Å²) in [6.07, 6.45) is 1.59. The molecule has 184 valence electrons. The van der Waals surface area contributed by atoms with E-state index in [4.69, 9.17) is 0 Å². The summed E-state index contributed by atoms with van der Waals surface area (Å²) in [5.74, 6) is 0.800. The van der Waals surface area contributed by atoms with Crippen LogP contribution in [0.3, 0.4) is 0 Å². The van der Waals surface area contributed by atoms with Gasteiger partial charge in [-0.15, -0.1) is 0 Å². The van der Waals surface area contributed by atoms with Crippen LogP contribution in [-0.4, -0.2) is 47.6 Å². The van der Waals surface area contributed by atoms with Gasteiger partial charge in [0.25, 0.3) is 0 Å². The zero-order chi connectivity index (χ0) is 24.5. The largest absolute Gasteiger partial charge is 0.508 e. The van der Waals surface area contributed by atoms with Gasteiger partial charge in [-0.1, -0.05) is 45.9 Å². The van der Waals surface area contributed by atoms with Gasteiger partial charge in [-0.2, -0.15) is 0 Å². The number of hydrogen-bond donors (Lipinski definition) is 3. The van der Waals surface area contributed by atoms with Crippen LogP contribution in [0.2, 0.25) is 0 Å². The number of likely N-dealkylation sites (tertiary alicyclic amines) is 1. The fraction of sp³-hybridized carbons (Fsp3) is 0.536. The molecule has 0 spiro atoms. The number of rotatable bonds is 6. The van der Waals surface area contributed by atoms with Crippen LogP contribution in [0, 0.1) is 17.7 Å². The van der Waals surface area contributed by atoms with Crippen LogP contribution < -0.4 is 10.6 Å². The molecule has 1 fully saturated rings. The second-order valence-corrected chi connectivity index (χ2v) is 10.8. The number of phenolic OH excluding ortho intramolecular Hbond substituents is 1. The van der Waals surface area contributed by atoms with Crippen LogP contribution in [0.15, 0.2) is 42.5 Å². The quantitative estimate of drug-likeness (QED) is 0.601. The van der Waals surface area contributed by atoms with Gasteiger partial charge >= 0.3 is 0 Å². The highest BCUT2D eigenvalue weighted by molar-refractivity contribution is 5.82. The topological polar surface area (TPSA) is 64.6 Å². The minimum absolute atomic E-state index is 0.0343. The van der Waals surface area contributed by atoms with Crippen molar-refractivity contribution in [3.8, 4) is 5.75 Å². The summed E-state index contributed by atoms with van der Waals surface area (Å²) in [4.78, 5) is 15.6. The molecular weight excluding hydrogens is 429 g/mol. The van der Waals surface area contributed by atoms with E-state index in [1.54, 1.807) is 24.3 Å². The average molecular weight is 468 g/mol. The van der Waals surface area contributed by atoms with Gasteiger partial charge in [0.2, 0.25) is 5.91 Å². The monoisotopic (exact) mass is 467 g/mol. The summed E-state index contributed by atoms with van der Waals surface area (Å²) in [6.45, 7) is 12.0. The van der Waals surface area contributed by atoms with Crippen molar-refractivity contribution in [2.75, 3.05) is 19.6 Å². The van der Waals surface area contributed by atoms with Gasteiger partial charge in [0.05, 0.1) is 6.04 Å². The Morgan fingerprint density at radius 3 is 2.76 bits per heavy atom. The third kappa shape index (κ3) is 5.28. The summed E-state index contributed by atoms with van der Waals surface area (Å²) < 4.78 is 13.9. The molecule has 5 nitrogen and oxygen atoms in total. The van der Waals surface area contributed by atoms with Gasteiger partial charge in [0.1, 0.15) is 11.6 Å². The Kier molecular flexibility index (Phi) is 7.29. The van der Waals surface area contributed by atoms with Crippen molar-refractivity contribution in [2.45, 2.75) is 64.6 Å². The third-order valence-electron chi connectivity index (χ3n) is 8.11. The molecule has 6 heteroatoms. The Labute approximate surface area is 202 Å².